The van der Waals surface area contributed by atoms with Crippen LogP contribution in [-0.4, -0.2) is 293 Å². The van der Waals surface area contributed by atoms with Crippen molar-refractivity contribution in [3.63, 3.8) is 0 Å². The number of halogens is 6. The molecule has 0 atom stereocenters. The summed E-state index contributed by atoms with van der Waals surface area (Å²) in [5, 5.41) is 86.1. The summed E-state index contributed by atoms with van der Waals surface area (Å²) in [6, 6.07) is 38.6. The average molecular weight is 2160 g/mol. The van der Waals surface area contributed by atoms with Gasteiger partial charge in [0.2, 0.25) is 34.3 Å². The van der Waals surface area contributed by atoms with Gasteiger partial charge in [-0.15, -0.1) is 11.6 Å². The van der Waals surface area contributed by atoms with E-state index < -0.39 is 69.0 Å². The highest BCUT2D eigenvalue weighted by Crippen LogP contribution is 2.44. The molecule has 4 saturated heterocycles. The smallest absolute Gasteiger partial charge is 0.507 e. The molecule has 0 aromatic heterocycles. The summed E-state index contributed by atoms with van der Waals surface area (Å²) >= 11 is 12.4. The molecule has 0 aliphatic carbocycles. The van der Waals surface area contributed by atoms with Crippen LogP contribution in [0.2, 0.25) is 0 Å². The first-order chi connectivity index (χ1) is 70.0. The van der Waals surface area contributed by atoms with Crippen LogP contribution in [0, 0.1) is 5.53 Å². The van der Waals surface area contributed by atoms with Crippen LogP contribution in [0.3, 0.4) is 0 Å². The molecule has 8 aromatic rings. The zero-order chi connectivity index (χ0) is 107. The van der Waals surface area contributed by atoms with Crippen molar-refractivity contribution in [2.75, 3.05) is 118 Å². The van der Waals surface area contributed by atoms with Crippen molar-refractivity contribution in [1.29, 1.82) is 5.53 Å². The number of likely N-dealkylation sites (tertiary alicyclic amines) is 1. The van der Waals surface area contributed by atoms with E-state index in [9.17, 15) is 78.0 Å². The lowest BCUT2D eigenvalue weighted by Crippen LogP contribution is -2.51. The molecule has 11 N–H and O–H groups in total. The van der Waals surface area contributed by atoms with Crippen LogP contribution in [0.1, 0.15) is 187 Å². The van der Waals surface area contributed by atoms with Crippen molar-refractivity contribution in [3.8, 4) is 57.5 Å². The zero-order valence-corrected chi connectivity index (χ0v) is 86.0. The standard InChI is InChI=1S/C23H20N2O4.C22H19N3O4.C18H22N2O6.C9H18N2O2.C9H9NO.C9H6O5.C7H6O4.C2H2Cl2O.Al.ClHN4.3ClH/c26-18-9-8-16-21(27)19(12-17-15-7-3-2-6-14(15)13-24-17)29-22(16)20(18)23(28)25-10-4-1-5-11-25;26-17-6-5-15-20(27)18(11-16-14-4-2-1-3-13(14)12-24-16)29-21(15)19(17)22(28)25-9-7-23-8-10-25;1-18(2,3)26-17(24)20-8-6-19(7-9-20)16(23)14-12(21)5-4-11-13(22)10-25-15(11)14;1-9(2,3)13-8(12)11-6-4-10-5-7-11;1-11-9-8-5-3-2-4-7(8)6-10-9;10-5-2-1-4-6(11)3-14-8(4)7(5)9(12)13;8-4-2-1-3-5(9)6(4)7(10)11;3-1-2(4)5;;1-3-5-4-2;;;/h2-3,6-9,12,26H,1,4-5,10-11,13H2;1-6,11,23,26H,7-10,12H2;4-5,21H,6-10H2,1-3H3;10H,4-7H2,1-3H3;2-5H,6H2,1H3;1-2,10H,3H2,(H,12,13);1-3,8-9H,(H,10,11);1H2;;2H;3*1H/q;;;;;;;;+3;;;;/p-3/b19-12-;18-11-;;;;;;;;;;;. The monoisotopic (exact) mass is 2160 g/mol. The van der Waals surface area contributed by atoms with Crippen molar-refractivity contribution in [1.82, 2.24) is 35.1 Å². The van der Waals surface area contributed by atoms with E-state index in [1.165, 1.54) is 77.2 Å². The second kappa shape index (κ2) is 53.7. The summed E-state index contributed by atoms with van der Waals surface area (Å²) in [5.74, 6) is -5.42. The number of hydrogen-bond donors (Lipinski definition) is 11. The van der Waals surface area contributed by atoms with Crippen molar-refractivity contribution >= 4 is 164 Å². The van der Waals surface area contributed by atoms with Crippen molar-refractivity contribution in [2.24, 2.45) is 30.1 Å². The van der Waals surface area contributed by atoms with E-state index in [2.05, 4.69) is 58.5 Å². The van der Waals surface area contributed by atoms with Gasteiger partial charge in [-0.3, -0.25) is 48.3 Å². The van der Waals surface area contributed by atoms with E-state index >= 15 is 0 Å². The van der Waals surface area contributed by atoms with Gasteiger partial charge in [0.15, 0.2) is 36.2 Å². The Kier molecular flexibility index (Phi) is 41.9. The number of piperidine rings is 1. The third kappa shape index (κ3) is 30.9. The first-order valence-corrected chi connectivity index (χ1v) is 51.8. The minimum Gasteiger partial charge on any atom is -0.507 e. The molecular formula is C99H103AlCl6N14O27. The maximum atomic E-state index is 13.0. The Hall–Kier alpha value is -14.3. The number of Topliss-reactive ketones (excluding diaryl/α,β-unsaturated/α-hetero) is 4. The topological polar surface area (TPSA) is 570 Å². The summed E-state index contributed by atoms with van der Waals surface area (Å²) in [4.78, 5) is 163. The van der Waals surface area contributed by atoms with Crippen LogP contribution in [0.4, 0.5) is 9.59 Å². The predicted molar refractivity (Wildman–Crippen MR) is 543 cm³/mol. The lowest BCUT2D eigenvalue weighted by atomic mass is 10.0. The number of carbonyl (C=O) groups excluding carboxylic acids is 10. The maximum Gasteiger partial charge on any atom is 0.643 e. The summed E-state index contributed by atoms with van der Waals surface area (Å²) in [6.07, 6.45) is 5.59. The Morgan fingerprint density at radius 3 is 1.15 bits per heavy atom. The number of carboxylic acids is 2. The first-order valence-electron chi connectivity index (χ1n) is 45.3. The Morgan fingerprint density at radius 1 is 0.442 bits per heavy atom. The van der Waals surface area contributed by atoms with Crippen LogP contribution in [0.5, 0.6) is 57.5 Å². The second-order valence-corrected chi connectivity index (χ2v) is 41.8. The summed E-state index contributed by atoms with van der Waals surface area (Å²) in [7, 11) is 16.5. The van der Waals surface area contributed by atoms with Gasteiger partial charge in [-0.1, -0.05) is 77.4 Å². The number of ether oxygens (including phenoxy) is 7. The number of allylic oxidation sites excluding steroid dienone is 4. The van der Waals surface area contributed by atoms with Gasteiger partial charge in [0.25, 0.3) is 17.7 Å². The minimum atomic E-state index is -1.72. The number of aliphatic imine (C=N–C) groups is 3. The van der Waals surface area contributed by atoms with Gasteiger partial charge >= 0.3 is 35.5 Å². The molecule has 0 spiro atoms. The maximum absolute atomic E-state index is 13.0. The van der Waals surface area contributed by atoms with Gasteiger partial charge in [-0.2, -0.15) is 5.53 Å². The fourth-order valence-corrected chi connectivity index (χ4v) is 15.6. The molecule has 776 valence electrons. The molecule has 48 heteroatoms. The number of ketones is 4. The number of methoxy groups -OCH3 is 1. The fourth-order valence-electron chi connectivity index (χ4n) is 15.5. The highest BCUT2D eigenvalue weighted by molar-refractivity contribution is 7.54. The number of aromatic carboxylic acids is 2. The van der Waals surface area contributed by atoms with E-state index in [1.807, 2.05) is 87.5 Å². The molecule has 147 heavy (non-hydrogen) atoms. The van der Waals surface area contributed by atoms with Crippen LogP contribution in [-0.2, 0) is 38.6 Å². The molecule has 8 aromatic carbocycles. The van der Waals surface area contributed by atoms with E-state index in [1.54, 1.807) is 59.6 Å². The number of nitrogens with one attached hydrogen (secondary N) is 3. The molecule has 5 amide bonds. The highest BCUT2D eigenvalue weighted by Gasteiger charge is 2.41. The first kappa shape index (κ1) is 115. The molecule has 11 heterocycles. The number of aromatic hydroxyl groups is 6. The molecule has 41 nitrogen and oxygen atoms in total. The van der Waals surface area contributed by atoms with Gasteiger partial charge in [-0.25, -0.2) is 54.3 Å². The number of benzene rings is 8. The Labute approximate surface area is 874 Å². The largest absolute Gasteiger partial charge is 0.643 e. The number of amides is 5. The van der Waals surface area contributed by atoms with Crippen LogP contribution < -0.4 is 29.6 Å². The van der Waals surface area contributed by atoms with Crippen molar-refractivity contribution in [3.05, 3.63) is 247 Å². The molecule has 11 aliphatic heterocycles. The molecule has 0 radical (unpaired) electrons. The normalized spacial score (nSPS) is 16.0. The number of hydrogen-bond acceptors (Lipinski definition) is 32. The number of fused-ring (bicyclic) bond motifs is 7. The van der Waals surface area contributed by atoms with Gasteiger partial charge in [-0.05, 0) is 166 Å². The predicted octanol–water partition coefficient (Wildman–Crippen LogP) is 15.1. The molecule has 4 fully saturated rings. The number of carbonyl (C=O) groups is 12. The summed E-state index contributed by atoms with van der Waals surface area (Å²) in [6.45, 7) is 20.8. The van der Waals surface area contributed by atoms with Gasteiger partial charge in [0, 0.05) is 120 Å². The van der Waals surface area contributed by atoms with Crippen LogP contribution in [0.15, 0.2) is 193 Å². The highest BCUT2D eigenvalue weighted by atomic mass is 35.8. The van der Waals surface area contributed by atoms with Gasteiger partial charge < -0.3 is 109 Å². The third-order valence-corrected chi connectivity index (χ3v) is 22.9. The number of nitrogens with zero attached hydrogens (tertiary/aromatic N) is 11. The molecule has 19 rings (SSSR count). The number of carboxylic acid groups (broad SMARTS) is 2. The Morgan fingerprint density at radius 2 is 0.776 bits per heavy atom. The third-order valence-electron chi connectivity index (χ3n) is 22.3. The van der Waals surface area contributed by atoms with Crippen molar-refractivity contribution in [2.45, 2.75) is 91.6 Å². The SMILES string of the molecule is CC(C)(C)OC(=O)N1CCN(C(=O)c2c(O)ccc3c2OCC3=O)CC1.CC(C)(C)OC(=O)N1CCNCC1.COC1=NCc2ccccc21.N=NN=NCl.O=C(Cl)CCl.O=C(O)c1c(O)cccc1O.O=C1/C(=C/C2=NCc3ccccc32)Oc2c1ccc(O)c2C(=O)N1CCCCC1.O=C1/C(=C/C2=NCc3ccccc32)Oc2c1ccc(O)c2C(=O)N1CCNCC1.O=C1COc2c1ccc(O)c2C(=O)O.[Cl][Al]([Cl])[Cl]. The van der Waals surface area contributed by atoms with E-state index in [4.69, 9.17) is 112 Å². The molecule has 0 bridgehead atoms. The second-order valence-electron chi connectivity index (χ2n) is 34.5. The van der Waals surface area contributed by atoms with Crippen LogP contribution in [0.25, 0.3) is 0 Å². The van der Waals surface area contributed by atoms with Gasteiger partial charge in [0.05, 0.1) is 78.1 Å². The molecule has 0 unspecified atom stereocenters. The van der Waals surface area contributed by atoms with Gasteiger partial charge in [0.1, 0.15) is 85.0 Å². The van der Waals surface area contributed by atoms with E-state index in [0.717, 1.165) is 85.7 Å². The fraction of sp³-hybridized carbons (Fsp3) is 0.323. The average Bonchev–Trinajstić information content (AvgIpc) is 1.60. The number of piperazine rings is 3. The minimum absolute atomic E-state index is 0.000863. The summed E-state index contributed by atoms with van der Waals surface area (Å²) < 4.78 is 40.1. The lowest BCUT2D eigenvalue weighted by molar-refractivity contribution is -0.109. The number of phenols is 6. The van der Waals surface area contributed by atoms with Crippen LogP contribution >= 0.6 is 65.1 Å². The number of rotatable bonds is 9. The number of phenolic OH excluding ortho intramolecular Hbond substituents is 3. The lowest BCUT2D eigenvalue weighted by Gasteiger charge is -2.35. The quantitative estimate of drug-likeness (QED) is 0.0160. The van der Waals surface area contributed by atoms with E-state index in [0.29, 0.717) is 101 Å². The Bertz CT molecular complexity index is 6300. The zero-order valence-electron chi connectivity index (χ0n) is 80.3. The summed E-state index contributed by atoms with van der Waals surface area (Å²) in [5.41, 5.74) is 13.2. The van der Waals surface area contributed by atoms with Crippen molar-refractivity contribution < 1.29 is 132 Å². The molecular weight excluding hydrogens is 2060 g/mol. The Balaban J connectivity index is 0.000000177. The molecule has 0 saturated carbocycles. The number of alkyl halides is 1. The van der Waals surface area contributed by atoms with E-state index in [-0.39, 0.29) is 151 Å². The molecule has 11 aliphatic rings.